The number of thiophene rings is 1. The van der Waals surface area contributed by atoms with Crippen LogP contribution in [-0.2, 0) is 0 Å². The number of rotatable bonds is 2. The van der Waals surface area contributed by atoms with Gasteiger partial charge in [0.2, 0.25) is 5.95 Å². The Morgan fingerprint density at radius 1 is 0.657 bits per heavy atom. The summed E-state index contributed by atoms with van der Waals surface area (Å²) in [5.41, 5.74) is 5.31. The van der Waals surface area contributed by atoms with Gasteiger partial charge in [0, 0.05) is 38.0 Å². The second-order valence-electron chi connectivity index (χ2n) is 8.68. The van der Waals surface area contributed by atoms with E-state index in [1.165, 1.54) is 15.5 Å². The first-order valence-corrected chi connectivity index (χ1v) is 12.3. The Labute approximate surface area is 203 Å². The van der Waals surface area contributed by atoms with Crippen LogP contribution in [0.15, 0.2) is 108 Å². The van der Waals surface area contributed by atoms with Gasteiger partial charge in [-0.25, -0.2) is 9.97 Å². The van der Waals surface area contributed by atoms with E-state index in [0.717, 1.165) is 48.9 Å². The Morgan fingerprint density at radius 2 is 1.46 bits per heavy atom. The van der Waals surface area contributed by atoms with Crippen LogP contribution in [0.3, 0.4) is 0 Å². The molecule has 164 valence electrons. The van der Waals surface area contributed by atoms with Crippen molar-refractivity contribution in [1.29, 1.82) is 0 Å². The van der Waals surface area contributed by atoms with Crippen molar-refractivity contribution in [1.82, 2.24) is 14.5 Å². The van der Waals surface area contributed by atoms with Gasteiger partial charge in [0.15, 0.2) is 11.2 Å². The molecule has 0 saturated heterocycles. The molecule has 0 atom stereocenters. The Morgan fingerprint density at radius 3 is 2.40 bits per heavy atom. The van der Waals surface area contributed by atoms with Crippen molar-refractivity contribution in [2.24, 2.45) is 0 Å². The van der Waals surface area contributed by atoms with Crippen LogP contribution in [0, 0.1) is 0 Å². The van der Waals surface area contributed by atoms with Gasteiger partial charge in [-0.05, 0) is 24.3 Å². The molecule has 8 aromatic rings. The summed E-state index contributed by atoms with van der Waals surface area (Å²) >= 11 is 1.76. The number of hydrogen-bond donors (Lipinski definition) is 0. The second-order valence-corrected chi connectivity index (χ2v) is 9.73. The predicted octanol–water partition coefficient (Wildman–Crippen LogP) is 8.35. The van der Waals surface area contributed by atoms with E-state index in [2.05, 4.69) is 71.3 Å². The molecule has 0 aliphatic carbocycles. The van der Waals surface area contributed by atoms with Crippen LogP contribution in [0.4, 0.5) is 0 Å². The molecule has 0 N–H and O–H groups in total. The minimum Gasteiger partial charge on any atom is -0.451 e. The van der Waals surface area contributed by atoms with Crippen molar-refractivity contribution in [2.75, 3.05) is 0 Å². The largest absolute Gasteiger partial charge is 0.451 e. The number of nitrogens with zero attached hydrogens (tertiary/aromatic N) is 3. The molecule has 0 spiro atoms. The Kier molecular flexibility index (Phi) is 3.78. The first-order valence-electron chi connectivity index (χ1n) is 11.5. The number of furan rings is 1. The van der Waals surface area contributed by atoms with E-state index >= 15 is 0 Å². The van der Waals surface area contributed by atoms with E-state index < -0.39 is 0 Å². The van der Waals surface area contributed by atoms with Gasteiger partial charge in [-0.1, -0.05) is 72.8 Å². The number of hydrogen-bond acceptors (Lipinski definition) is 4. The minimum atomic E-state index is 0.636. The monoisotopic (exact) mass is 467 g/mol. The Bertz CT molecular complexity index is 2060. The molecule has 0 fully saturated rings. The Balaban J connectivity index is 1.51. The number of para-hydroxylation sites is 1. The van der Waals surface area contributed by atoms with Gasteiger partial charge >= 0.3 is 0 Å². The van der Waals surface area contributed by atoms with Crippen molar-refractivity contribution in [3.8, 4) is 17.2 Å². The summed E-state index contributed by atoms with van der Waals surface area (Å²) in [4.78, 5) is 10.1. The molecule has 0 saturated carbocycles. The highest BCUT2D eigenvalue weighted by molar-refractivity contribution is 7.26. The maximum atomic E-state index is 6.62. The molecule has 5 heteroatoms. The molecule has 8 rings (SSSR count). The number of aromatic nitrogens is 3. The molecule has 4 heterocycles. The molecule has 0 radical (unpaired) electrons. The molecular formula is C30H17N3OS. The number of fused-ring (bicyclic) bond motifs is 8. The van der Waals surface area contributed by atoms with Crippen molar-refractivity contribution in [3.05, 3.63) is 103 Å². The zero-order valence-electron chi connectivity index (χ0n) is 18.5. The van der Waals surface area contributed by atoms with Crippen molar-refractivity contribution >= 4 is 64.5 Å². The molecule has 0 bridgehead atoms. The zero-order chi connectivity index (χ0) is 22.9. The molecule has 0 unspecified atom stereocenters. The van der Waals surface area contributed by atoms with Gasteiger partial charge in [-0.3, -0.25) is 4.57 Å². The molecule has 0 aliphatic heterocycles. The SMILES string of the molecule is c1ccc(-c2nc(-n3ccc4ccccc43)nc3c2oc2c3ccc3c4ccccc4sc32)cc1. The lowest BCUT2D eigenvalue weighted by atomic mass is 10.1. The van der Waals surface area contributed by atoms with Gasteiger partial charge in [0.1, 0.15) is 11.2 Å². The van der Waals surface area contributed by atoms with Gasteiger partial charge in [-0.2, -0.15) is 0 Å². The highest BCUT2D eigenvalue weighted by Gasteiger charge is 2.21. The second kappa shape index (κ2) is 7.01. The van der Waals surface area contributed by atoms with Gasteiger partial charge in [-0.15, -0.1) is 11.3 Å². The van der Waals surface area contributed by atoms with Crippen LogP contribution in [0.5, 0.6) is 0 Å². The van der Waals surface area contributed by atoms with E-state index in [1.807, 2.05) is 36.5 Å². The van der Waals surface area contributed by atoms with Crippen molar-refractivity contribution in [2.45, 2.75) is 0 Å². The normalized spacial score (nSPS) is 12.0. The summed E-state index contributed by atoms with van der Waals surface area (Å²) in [6.07, 6.45) is 2.03. The summed E-state index contributed by atoms with van der Waals surface area (Å²) in [6, 6.07) is 33.4. The van der Waals surface area contributed by atoms with Crippen molar-refractivity contribution < 1.29 is 4.42 Å². The van der Waals surface area contributed by atoms with Crippen LogP contribution in [0.1, 0.15) is 0 Å². The Hall–Kier alpha value is -4.48. The highest BCUT2D eigenvalue weighted by atomic mass is 32.1. The fourth-order valence-corrected chi connectivity index (χ4v) is 6.22. The van der Waals surface area contributed by atoms with Gasteiger partial charge in [0.05, 0.1) is 10.2 Å². The van der Waals surface area contributed by atoms with E-state index in [9.17, 15) is 0 Å². The fourth-order valence-electron chi connectivity index (χ4n) is 5.03. The van der Waals surface area contributed by atoms with Crippen LogP contribution >= 0.6 is 11.3 Å². The zero-order valence-corrected chi connectivity index (χ0v) is 19.3. The summed E-state index contributed by atoms with van der Waals surface area (Å²) < 4.78 is 11.1. The van der Waals surface area contributed by atoms with E-state index in [0.29, 0.717) is 5.95 Å². The topological polar surface area (TPSA) is 43.9 Å². The van der Waals surface area contributed by atoms with Crippen LogP contribution in [0.2, 0.25) is 0 Å². The lowest BCUT2D eigenvalue weighted by Crippen LogP contribution is -2.01. The summed E-state index contributed by atoms with van der Waals surface area (Å²) in [5.74, 6) is 0.636. The highest BCUT2D eigenvalue weighted by Crippen LogP contribution is 2.43. The lowest BCUT2D eigenvalue weighted by Gasteiger charge is -2.07. The molecule has 4 aromatic heterocycles. The average Bonchev–Trinajstić information content (AvgIpc) is 3.61. The van der Waals surface area contributed by atoms with Gasteiger partial charge in [0.25, 0.3) is 0 Å². The molecular weight excluding hydrogens is 450 g/mol. The minimum absolute atomic E-state index is 0.636. The fraction of sp³-hybridized carbons (Fsp3) is 0. The summed E-state index contributed by atoms with van der Waals surface area (Å²) in [5, 5.41) is 4.63. The molecule has 35 heavy (non-hydrogen) atoms. The number of benzene rings is 4. The quantitative estimate of drug-likeness (QED) is 0.257. The molecule has 0 amide bonds. The van der Waals surface area contributed by atoms with Crippen LogP contribution in [-0.4, -0.2) is 14.5 Å². The van der Waals surface area contributed by atoms with Gasteiger partial charge < -0.3 is 4.42 Å². The standard InChI is InChI=1S/C30H17N3OS/c1-2-9-19(10-3-1)25-28-26(32-30(31-25)33-17-16-18-8-4-6-12-23(18)33)22-15-14-21-20-11-5-7-13-24(20)35-29(21)27(22)34-28/h1-17H. The van der Waals surface area contributed by atoms with E-state index in [1.54, 1.807) is 11.3 Å². The van der Waals surface area contributed by atoms with Crippen molar-refractivity contribution in [3.63, 3.8) is 0 Å². The van der Waals surface area contributed by atoms with E-state index in [-0.39, 0.29) is 0 Å². The maximum absolute atomic E-state index is 6.62. The van der Waals surface area contributed by atoms with E-state index in [4.69, 9.17) is 14.4 Å². The summed E-state index contributed by atoms with van der Waals surface area (Å²) in [7, 11) is 0. The summed E-state index contributed by atoms with van der Waals surface area (Å²) in [6.45, 7) is 0. The maximum Gasteiger partial charge on any atom is 0.235 e. The van der Waals surface area contributed by atoms with Crippen LogP contribution < -0.4 is 0 Å². The van der Waals surface area contributed by atoms with Crippen LogP contribution in [0.25, 0.3) is 70.3 Å². The molecule has 4 aromatic carbocycles. The third kappa shape index (κ3) is 2.67. The first kappa shape index (κ1) is 18.9. The third-order valence-corrected chi connectivity index (χ3v) is 7.86. The molecule has 4 nitrogen and oxygen atoms in total. The molecule has 0 aliphatic rings. The third-order valence-electron chi connectivity index (χ3n) is 6.68. The lowest BCUT2D eigenvalue weighted by molar-refractivity contribution is 0.671. The first-order chi connectivity index (χ1) is 17.3. The average molecular weight is 468 g/mol. The predicted molar refractivity (Wildman–Crippen MR) is 144 cm³/mol. The smallest absolute Gasteiger partial charge is 0.235 e.